The van der Waals surface area contributed by atoms with Crippen molar-refractivity contribution in [3.05, 3.63) is 36.5 Å². The molecule has 1 aliphatic rings. The van der Waals surface area contributed by atoms with E-state index in [0.717, 1.165) is 96.3 Å². The number of hydrogen-bond donors (Lipinski definition) is 3. The fraction of sp³-hybridized carbons (Fsp3) is 0.841. The highest BCUT2D eigenvalue weighted by Crippen LogP contribution is 2.26. The van der Waals surface area contributed by atoms with E-state index in [4.69, 9.17) is 23.7 Å². The Balaban J connectivity index is 2.67. The van der Waals surface area contributed by atoms with Gasteiger partial charge in [-0.05, 0) is 89.9 Å². The van der Waals surface area contributed by atoms with Crippen molar-refractivity contribution < 1.29 is 58.2 Å². The van der Waals surface area contributed by atoms with Gasteiger partial charge in [0, 0.05) is 19.3 Å². The molecule has 12 heteroatoms. The van der Waals surface area contributed by atoms with Crippen molar-refractivity contribution in [2.45, 2.75) is 327 Å². The minimum absolute atomic E-state index is 0.0513. The maximum Gasteiger partial charge on any atom is 0.335 e. The molecule has 0 amide bonds. The van der Waals surface area contributed by atoms with Gasteiger partial charge in [0.15, 0.2) is 24.6 Å². The number of hydrogen-bond acceptors (Lipinski definition) is 11. The zero-order chi connectivity index (χ0) is 54.7. The molecule has 0 bridgehead atoms. The molecule has 1 heterocycles. The second-order valence-electron chi connectivity index (χ2n) is 21.3. The van der Waals surface area contributed by atoms with Crippen LogP contribution in [0.2, 0.25) is 0 Å². The second kappa shape index (κ2) is 51.7. The van der Waals surface area contributed by atoms with E-state index >= 15 is 0 Å². The Bertz CT molecular complexity index is 1450. The number of aliphatic hydroxyl groups is 2. The van der Waals surface area contributed by atoms with Crippen molar-refractivity contribution in [2.75, 3.05) is 13.2 Å². The van der Waals surface area contributed by atoms with Crippen LogP contribution in [0.5, 0.6) is 0 Å². The largest absolute Gasteiger partial charge is 0.479 e. The summed E-state index contributed by atoms with van der Waals surface area (Å²) in [5.74, 6) is -3.12. The van der Waals surface area contributed by atoms with Crippen LogP contribution < -0.4 is 0 Å². The maximum absolute atomic E-state index is 13.2. The number of aliphatic hydroxyl groups excluding tert-OH is 2. The summed E-state index contributed by atoms with van der Waals surface area (Å²) in [5, 5.41) is 31.5. The zero-order valence-corrected chi connectivity index (χ0v) is 48.1. The topological polar surface area (TPSA) is 175 Å². The van der Waals surface area contributed by atoms with Gasteiger partial charge in [-0.3, -0.25) is 14.4 Å². The van der Waals surface area contributed by atoms with Crippen LogP contribution in [-0.4, -0.2) is 89.2 Å². The van der Waals surface area contributed by atoms with E-state index in [1.165, 1.54) is 135 Å². The molecule has 6 atom stereocenters. The number of unbranched alkanes of at least 4 members (excludes halogenated alkanes) is 33. The molecule has 0 radical (unpaired) electrons. The third kappa shape index (κ3) is 41.7. The molecule has 1 fully saturated rings. The number of carbonyl (C=O) groups is 4. The van der Waals surface area contributed by atoms with Gasteiger partial charge in [-0.2, -0.15) is 0 Å². The molecule has 3 N–H and O–H groups in total. The van der Waals surface area contributed by atoms with Crippen LogP contribution >= 0.6 is 0 Å². The highest BCUT2D eigenvalue weighted by atomic mass is 16.7. The number of ether oxygens (including phenoxy) is 5. The van der Waals surface area contributed by atoms with E-state index in [1.54, 1.807) is 0 Å². The number of carboxylic acid groups (broad SMARTS) is 1. The lowest BCUT2D eigenvalue weighted by atomic mass is 9.98. The average molecular weight is 1060 g/mol. The smallest absolute Gasteiger partial charge is 0.335 e. The molecule has 6 unspecified atom stereocenters. The van der Waals surface area contributed by atoms with Crippen molar-refractivity contribution in [3.63, 3.8) is 0 Å². The first-order valence-corrected chi connectivity index (χ1v) is 31.0. The molecule has 1 aliphatic heterocycles. The average Bonchev–Trinajstić information content (AvgIpc) is 3.39. The zero-order valence-electron chi connectivity index (χ0n) is 48.1. The van der Waals surface area contributed by atoms with Crippen LogP contribution in [-0.2, 0) is 42.9 Å². The first-order valence-electron chi connectivity index (χ1n) is 31.0. The van der Waals surface area contributed by atoms with Crippen molar-refractivity contribution in [3.8, 4) is 0 Å². The van der Waals surface area contributed by atoms with Gasteiger partial charge in [-0.25, -0.2) is 4.79 Å². The first kappa shape index (κ1) is 70.0. The Hall–Kier alpha value is -3.06. The second-order valence-corrected chi connectivity index (χ2v) is 21.3. The highest BCUT2D eigenvalue weighted by molar-refractivity contribution is 5.74. The predicted octanol–water partition coefficient (Wildman–Crippen LogP) is 16.0. The molecule has 436 valence electrons. The Morgan fingerprint density at radius 3 is 1.17 bits per heavy atom. The minimum atomic E-state index is -1.90. The molecular formula is C63H112O12. The van der Waals surface area contributed by atoms with Crippen LogP contribution in [0.1, 0.15) is 290 Å². The van der Waals surface area contributed by atoms with Crippen molar-refractivity contribution >= 4 is 23.9 Å². The van der Waals surface area contributed by atoms with E-state index in [9.17, 15) is 34.5 Å². The summed E-state index contributed by atoms with van der Waals surface area (Å²) in [5.41, 5.74) is 0. The van der Waals surface area contributed by atoms with E-state index in [0.29, 0.717) is 19.3 Å². The summed E-state index contributed by atoms with van der Waals surface area (Å²) in [6, 6.07) is 0. The number of carboxylic acids is 1. The molecule has 0 spiro atoms. The van der Waals surface area contributed by atoms with E-state index in [2.05, 4.69) is 57.2 Å². The monoisotopic (exact) mass is 1060 g/mol. The van der Waals surface area contributed by atoms with Crippen LogP contribution in [0.3, 0.4) is 0 Å². The number of rotatable bonds is 53. The Morgan fingerprint density at radius 2 is 0.773 bits per heavy atom. The molecule has 0 aliphatic carbocycles. The van der Waals surface area contributed by atoms with Gasteiger partial charge >= 0.3 is 23.9 Å². The highest BCUT2D eigenvalue weighted by Gasteiger charge is 2.50. The van der Waals surface area contributed by atoms with Crippen LogP contribution in [0.25, 0.3) is 0 Å². The Labute approximate surface area is 457 Å². The normalized spacial score (nSPS) is 18.3. The maximum atomic E-state index is 13.2. The Kier molecular flexibility index (Phi) is 48.2. The van der Waals surface area contributed by atoms with Gasteiger partial charge in [0.2, 0.25) is 0 Å². The molecule has 75 heavy (non-hydrogen) atoms. The fourth-order valence-electron chi connectivity index (χ4n) is 9.34. The lowest BCUT2D eigenvalue weighted by Gasteiger charge is -2.40. The van der Waals surface area contributed by atoms with Crippen LogP contribution in [0.4, 0.5) is 0 Å². The van der Waals surface area contributed by atoms with Crippen molar-refractivity contribution in [2.24, 2.45) is 0 Å². The number of aliphatic carboxylic acids is 1. The predicted molar refractivity (Wildman–Crippen MR) is 303 cm³/mol. The van der Waals surface area contributed by atoms with Gasteiger partial charge in [0.1, 0.15) is 18.8 Å². The number of allylic oxidation sites excluding steroid dienone is 6. The number of carbonyl (C=O) groups excluding carboxylic acids is 3. The summed E-state index contributed by atoms with van der Waals surface area (Å²) in [4.78, 5) is 51.1. The summed E-state index contributed by atoms with van der Waals surface area (Å²) < 4.78 is 28.4. The van der Waals surface area contributed by atoms with Crippen LogP contribution in [0, 0.1) is 0 Å². The van der Waals surface area contributed by atoms with Crippen molar-refractivity contribution in [1.82, 2.24) is 0 Å². The standard InChI is InChI=1S/C63H112O12/c1-4-7-10-13-16-19-22-24-26-28-30-32-35-37-40-43-46-49-55(64)71-52-54(73-56(65)50-47-44-41-39-36-33-31-29-27-25-23-20-17-14-11-8-5-2)53-72-63-61(59(68)58(67)60(75-63)62(69)70)74-57(66)51-48-45-42-38-34-21-18-15-12-9-6-3/h15,18,24-27,54,58-61,63,67-68H,4-14,16-17,19-23,28-53H2,1-3H3,(H,69,70)/b18-15-,26-24-,27-25-. The summed E-state index contributed by atoms with van der Waals surface area (Å²) >= 11 is 0. The van der Waals surface area contributed by atoms with Gasteiger partial charge in [0.05, 0.1) is 6.61 Å². The molecule has 0 aromatic rings. The number of esters is 3. The molecule has 1 rings (SSSR count). The van der Waals surface area contributed by atoms with E-state index in [1.807, 2.05) is 0 Å². The lowest BCUT2D eigenvalue weighted by molar-refractivity contribution is -0.301. The molecule has 0 aromatic heterocycles. The van der Waals surface area contributed by atoms with Gasteiger partial charge < -0.3 is 39.0 Å². The lowest BCUT2D eigenvalue weighted by Crippen LogP contribution is -2.61. The molecular weight excluding hydrogens is 949 g/mol. The van der Waals surface area contributed by atoms with Crippen molar-refractivity contribution in [1.29, 1.82) is 0 Å². The third-order valence-electron chi connectivity index (χ3n) is 14.2. The van der Waals surface area contributed by atoms with Gasteiger partial charge in [0.25, 0.3) is 0 Å². The summed E-state index contributed by atoms with van der Waals surface area (Å²) in [6.07, 6.45) is 48.3. The first-order chi connectivity index (χ1) is 36.6. The molecule has 0 aromatic carbocycles. The minimum Gasteiger partial charge on any atom is -0.479 e. The third-order valence-corrected chi connectivity index (χ3v) is 14.2. The molecule has 0 saturated carbocycles. The Morgan fingerprint density at radius 1 is 0.427 bits per heavy atom. The SMILES string of the molecule is CCCC/C=C\CCCCCCCC(=O)OC1C(OCC(COC(=O)CCCCCCCCC/C=C\CCCCCCCC)OC(=O)CCCCCCCCC/C=C\CCCCCCCC)OC(C(=O)O)C(O)C1O. The van der Waals surface area contributed by atoms with Gasteiger partial charge in [-0.15, -0.1) is 0 Å². The quantitative estimate of drug-likeness (QED) is 0.0228. The molecule has 1 saturated heterocycles. The van der Waals surface area contributed by atoms with Gasteiger partial charge in [-0.1, -0.05) is 218 Å². The van der Waals surface area contributed by atoms with Crippen LogP contribution in [0.15, 0.2) is 36.5 Å². The van der Waals surface area contributed by atoms with E-state index < -0.39 is 67.3 Å². The summed E-state index contributed by atoms with van der Waals surface area (Å²) in [7, 11) is 0. The summed E-state index contributed by atoms with van der Waals surface area (Å²) in [6.45, 7) is 5.96. The molecule has 12 nitrogen and oxygen atoms in total. The van der Waals surface area contributed by atoms with E-state index in [-0.39, 0.29) is 25.9 Å². The fourth-order valence-corrected chi connectivity index (χ4v) is 9.34.